The monoisotopic (exact) mass is 565 g/mol. The number of benzene rings is 3. The number of amides is 1. The second-order valence-electron chi connectivity index (χ2n) is 8.65. The number of halogens is 3. The highest BCUT2D eigenvalue weighted by Crippen LogP contribution is 2.26. The molecule has 190 valence electrons. The molecule has 10 heteroatoms. The fourth-order valence-electron chi connectivity index (χ4n) is 4.15. The second-order valence-corrected chi connectivity index (χ2v) is 11.9. The first-order valence-corrected chi connectivity index (χ1v) is 14.0. The Morgan fingerprint density at radius 3 is 2.00 bits per heavy atom. The van der Waals surface area contributed by atoms with Crippen LogP contribution in [0.2, 0.25) is 15.1 Å². The molecule has 0 saturated carbocycles. The minimum atomic E-state index is -3.95. The molecule has 0 spiro atoms. The zero-order valence-corrected chi connectivity index (χ0v) is 22.8. The van der Waals surface area contributed by atoms with E-state index in [-0.39, 0.29) is 23.9 Å². The van der Waals surface area contributed by atoms with E-state index in [4.69, 9.17) is 34.8 Å². The standard InChI is InChI=1S/C26H26Cl3N3O3S/c1-19-2-5-23(29)16-25(19)30-12-14-31(15-13-30)26(33)18-32(17-20-3-6-21(27)7-4-20)36(34,35)24-10-8-22(28)9-11-24/h2-11,16H,12-15,17-18H2,1H3. The molecule has 1 fully saturated rings. The van der Waals surface area contributed by atoms with Crippen molar-refractivity contribution < 1.29 is 13.2 Å². The molecule has 1 heterocycles. The Kier molecular flexibility index (Phi) is 8.48. The van der Waals surface area contributed by atoms with Gasteiger partial charge in [0, 0.05) is 53.5 Å². The van der Waals surface area contributed by atoms with Crippen molar-refractivity contribution in [1.82, 2.24) is 9.21 Å². The van der Waals surface area contributed by atoms with Crippen LogP contribution in [0.25, 0.3) is 0 Å². The van der Waals surface area contributed by atoms with Crippen molar-refractivity contribution >= 4 is 56.4 Å². The summed E-state index contributed by atoms with van der Waals surface area (Å²) >= 11 is 18.1. The average molecular weight is 567 g/mol. The molecule has 1 saturated heterocycles. The van der Waals surface area contributed by atoms with Gasteiger partial charge < -0.3 is 9.80 Å². The summed E-state index contributed by atoms with van der Waals surface area (Å²) in [5.74, 6) is -0.246. The number of sulfonamides is 1. The highest BCUT2D eigenvalue weighted by Gasteiger charge is 2.30. The van der Waals surface area contributed by atoms with E-state index < -0.39 is 10.0 Å². The van der Waals surface area contributed by atoms with Gasteiger partial charge in [0.25, 0.3) is 0 Å². The zero-order chi connectivity index (χ0) is 25.9. The third kappa shape index (κ3) is 6.33. The van der Waals surface area contributed by atoms with Crippen molar-refractivity contribution in [3.8, 4) is 0 Å². The summed E-state index contributed by atoms with van der Waals surface area (Å²) in [5, 5.41) is 1.65. The van der Waals surface area contributed by atoms with Gasteiger partial charge >= 0.3 is 0 Å². The van der Waals surface area contributed by atoms with E-state index in [9.17, 15) is 13.2 Å². The van der Waals surface area contributed by atoms with Crippen LogP contribution in [0.15, 0.2) is 71.6 Å². The lowest BCUT2D eigenvalue weighted by Crippen LogP contribution is -2.51. The Morgan fingerprint density at radius 2 is 1.39 bits per heavy atom. The van der Waals surface area contributed by atoms with E-state index in [1.807, 2.05) is 25.1 Å². The average Bonchev–Trinajstić information content (AvgIpc) is 2.86. The minimum Gasteiger partial charge on any atom is -0.368 e. The number of piperazine rings is 1. The van der Waals surface area contributed by atoms with E-state index >= 15 is 0 Å². The fourth-order valence-corrected chi connectivity index (χ4v) is 5.94. The van der Waals surface area contributed by atoms with Crippen molar-refractivity contribution in [3.63, 3.8) is 0 Å². The molecule has 0 aromatic heterocycles. The van der Waals surface area contributed by atoms with Gasteiger partial charge in [-0.05, 0) is 66.6 Å². The molecular weight excluding hydrogens is 541 g/mol. The van der Waals surface area contributed by atoms with Gasteiger partial charge in [-0.1, -0.05) is 53.0 Å². The summed E-state index contributed by atoms with van der Waals surface area (Å²) in [7, 11) is -3.95. The van der Waals surface area contributed by atoms with Crippen LogP contribution < -0.4 is 4.90 Å². The Morgan fingerprint density at radius 1 is 0.833 bits per heavy atom. The summed E-state index contributed by atoms with van der Waals surface area (Å²) in [6, 6.07) is 18.6. The Balaban J connectivity index is 1.50. The van der Waals surface area contributed by atoms with E-state index in [2.05, 4.69) is 4.90 Å². The zero-order valence-electron chi connectivity index (χ0n) is 19.7. The number of hydrogen-bond donors (Lipinski definition) is 0. The number of carbonyl (C=O) groups is 1. The molecule has 0 N–H and O–H groups in total. The maximum atomic E-state index is 13.5. The topological polar surface area (TPSA) is 60.9 Å². The molecule has 0 unspecified atom stereocenters. The van der Waals surface area contributed by atoms with Crippen LogP contribution in [-0.4, -0.2) is 56.3 Å². The molecule has 1 aliphatic rings. The van der Waals surface area contributed by atoms with Gasteiger partial charge in [0.15, 0.2) is 0 Å². The molecule has 1 aliphatic heterocycles. The highest BCUT2D eigenvalue weighted by molar-refractivity contribution is 7.89. The van der Waals surface area contributed by atoms with E-state index in [1.165, 1.54) is 28.6 Å². The molecule has 36 heavy (non-hydrogen) atoms. The molecule has 1 amide bonds. The van der Waals surface area contributed by atoms with Crippen LogP contribution in [0.5, 0.6) is 0 Å². The SMILES string of the molecule is Cc1ccc(Cl)cc1N1CCN(C(=O)CN(Cc2ccc(Cl)cc2)S(=O)(=O)c2ccc(Cl)cc2)CC1. The van der Waals surface area contributed by atoms with Crippen LogP contribution in [0.1, 0.15) is 11.1 Å². The molecule has 3 aromatic rings. The van der Waals surface area contributed by atoms with Gasteiger partial charge in [-0.2, -0.15) is 4.31 Å². The minimum absolute atomic E-state index is 0.0372. The van der Waals surface area contributed by atoms with Crippen molar-refractivity contribution in [2.45, 2.75) is 18.4 Å². The quantitative estimate of drug-likeness (QED) is 0.379. The smallest absolute Gasteiger partial charge is 0.243 e. The number of nitrogens with zero attached hydrogens (tertiary/aromatic N) is 3. The van der Waals surface area contributed by atoms with Gasteiger partial charge in [-0.15, -0.1) is 0 Å². The number of anilines is 1. The van der Waals surface area contributed by atoms with Crippen LogP contribution >= 0.6 is 34.8 Å². The molecule has 4 rings (SSSR count). The third-order valence-corrected chi connectivity index (χ3v) is 8.72. The Hall–Kier alpha value is -2.29. The van der Waals surface area contributed by atoms with Gasteiger partial charge in [0.1, 0.15) is 0 Å². The second kappa shape index (κ2) is 11.4. The number of rotatable bonds is 7. The molecule has 6 nitrogen and oxygen atoms in total. The lowest BCUT2D eigenvalue weighted by Gasteiger charge is -2.37. The first-order chi connectivity index (χ1) is 17.1. The first-order valence-electron chi connectivity index (χ1n) is 11.4. The summed E-state index contributed by atoms with van der Waals surface area (Å²) in [6.45, 7) is 4.03. The largest absolute Gasteiger partial charge is 0.368 e. The predicted octanol–water partition coefficient (Wildman–Crippen LogP) is 5.49. The number of hydrogen-bond acceptors (Lipinski definition) is 4. The van der Waals surface area contributed by atoms with Crippen LogP contribution in [0.4, 0.5) is 5.69 Å². The maximum absolute atomic E-state index is 13.5. The lowest BCUT2D eigenvalue weighted by atomic mass is 10.1. The third-order valence-electron chi connectivity index (χ3n) is 6.18. The Labute approximate surface area is 227 Å². The van der Waals surface area contributed by atoms with Gasteiger partial charge in [0.2, 0.25) is 15.9 Å². The van der Waals surface area contributed by atoms with Crippen LogP contribution in [-0.2, 0) is 21.4 Å². The summed E-state index contributed by atoms with van der Waals surface area (Å²) in [5.41, 5.74) is 2.89. The van der Waals surface area contributed by atoms with E-state index in [0.29, 0.717) is 41.2 Å². The molecule has 0 radical (unpaired) electrons. The van der Waals surface area contributed by atoms with Crippen molar-refractivity contribution in [1.29, 1.82) is 0 Å². The van der Waals surface area contributed by atoms with Gasteiger partial charge in [-0.3, -0.25) is 4.79 Å². The van der Waals surface area contributed by atoms with Crippen molar-refractivity contribution in [2.24, 2.45) is 0 Å². The van der Waals surface area contributed by atoms with Gasteiger partial charge in [-0.25, -0.2) is 8.42 Å². The van der Waals surface area contributed by atoms with Crippen LogP contribution in [0.3, 0.4) is 0 Å². The van der Waals surface area contributed by atoms with E-state index in [1.54, 1.807) is 29.2 Å². The molecular formula is C26H26Cl3N3O3S. The summed E-state index contributed by atoms with van der Waals surface area (Å²) in [6.07, 6.45) is 0. The number of carbonyl (C=O) groups excluding carboxylic acids is 1. The fraction of sp³-hybridized carbons (Fsp3) is 0.269. The van der Waals surface area contributed by atoms with Crippen molar-refractivity contribution in [2.75, 3.05) is 37.6 Å². The normalized spacial score (nSPS) is 14.4. The molecule has 0 bridgehead atoms. The summed E-state index contributed by atoms with van der Waals surface area (Å²) < 4.78 is 28.2. The molecule has 0 atom stereocenters. The molecule has 0 aliphatic carbocycles. The van der Waals surface area contributed by atoms with E-state index in [0.717, 1.165) is 16.8 Å². The lowest BCUT2D eigenvalue weighted by molar-refractivity contribution is -0.131. The van der Waals surface area contributed by atoms with Crippen LogP contribution in [0, 0.1) is 6.92 Å². The molecule has 3 aromatic carbocycles. The number of aryl methyl sites for hydroxylation is 1. The van der Waals surface area contributed by atoms with Gasteiger partial charge in [0.05, 0.1) is 11.4 Å². The predicted molar refractivity (Wildman–Crippen MR) is 145 cm³/mol. The summed E-state index contributed by atoms with van der Waals surface area (Å²) in [4.78, 5) is 17.3. The maximum Gasteiger partial charge on any atom is 0.243 e. The Bertz CT molecular complexity index is 1320. The highest BCUT2D eigenvalue weighted by atomic mass is 35.5. The van der Waals surface area contributed by atoms with Crippen molar-refractivity contribution in [3.05, 3.63) is 92.9 Å². The first kappa shape index (κ1) is 26.8.